The van der Waals surface area contributed by atoms with Crippen LogP contribution in [0.4, 0.5) is 8.78 Å². The molecule has 0 fully saturated rings. The van der Waals surface area contributed by atoms with E-state index in [-0.39, 0.29) is 6.61 Å². The van der Waals surface area contributed by atoms with E-state index in [1.54, 1.807) is 0 Å². The van der Waals surface area contributed by atoms with E-state index in [1.165, 1.54) is 25.9 Å². The third kappa shape index (κ3) is 3.61. The summed E-state index contributed by atoms with van der Waals surface area (Å²) >= 11 is 0. The number of rotatable bonds is 4. The maximum Gasteiger partial charge on any atom is 0.378 e. The van der Waals surface area contributed by atoms with Crippen LogP contribution in [0.5, 0.6) is 0 Å². The largest absolute Gasteiger partial charge is 0.462 e. The molecule has 0 aromatic rings. The topological polar surface area (TPSA) is 29.5 Å². The molecule has 0 rings (SSSR count). The Morgan fingerprint density at radius 2 is 2.00 bits per heavy atom. The molecule has 72 valence electrons. The van der Waals surface area contributed by atoms with Gasteiger partial charge in [0, 0.05) is 0 Å². The van der Waals surface area contributed by atoms with E-state index >= 15 is 0 Å². The Hall–Kier alpha value is -0.710. The van der Waals surface area contributed by atoms with Gasteiger partial charge in [-0.3, -0.25) is 0 Å². The Morgan fingerprint density at radius 3 is 2.33 bits per heavy atom. The van der Waals surface area contributed by atoms with Gasteiger partial charge < -0.3 is 9.64 Å². The molecule has 0 saturated carbocycles. The molecule has 5 heteroatoms. The number of hydrogen-bond donors (Lipinski definition) is 0. The summed E-state index contributed by atoms with van der Waals surface area (Å²) in [6, 6.07) is 0. The highest BCUT2D eigenvalue weighted by molar-refractivity contribution is 5.77. The standard InChI is InChI=1S/C7H13F2NO2/c1-4-12-6(11)7(8,9)5-10(2)3/h4-5H2,1-3H3. The van der Waals surface area contributed by atoms with Crippen LogP contribution < -0.4 is 0 Å². The second kappa shape index (κ2) is 4.35. The van der Waals surface area contributed by atoms with Gasteiger partial charge in [0.05, 0.1) is 13.2 Å². The maximum absolute atomic E-state index is 12.7. The summed E-state index contributed by atoms with van der Waals surface area (Å²) in [5.41, 5.74) is 0. The van der Waals surface area contributed by atoms with E-state index in [0.29, 0.717) is 0 Å². The van der Waals surface area contributed by atoms with Gasteiger partial charge in [0.25, 0.3) is 0 Å². The van der Waals surface area contributed by atoms with Crippen molar-refractivity contribution >= 4 is 5.97 Å². The summed E-state index contributed by atoms with van der Waals surface area (Å²) < 4.78 is 29.7. The Bertz CT molecular complexity index is 159. The van der Waals surface area contributed by atoms with Crippen LogP contribution >= 0.6 is 0 Å². The summed E-state index contributed by atoms with van der Waals surface area (Å²) in [7, 11) is 2.93. The van der Waals surface area contributed by atoms with Gasteiger partial charge in [0.15, 0.2) is 0 Å². The van der Waals surface area contributed by atoms with Crippen molar-refractivity contribution in [3.63, 3.8) is 0 Å². The van der Waals surface area contributed by atoms with Crippen molar-refractivity contribution < 1.29 is 18.3 Å². The van der Waals surface area contributed by atoms with Gasteiger partial charge in [-0.05, 0) is 21.0 Å². The molecule has 0 bridgehead atoms. The van der Waals surface area contributed by atoms with Crippen LogP contribution in [0.15, 0.2) is 0 Å². The lowest BCUT2D eigenvalue weighted by Gasteiger charge is -2.18. The van der Waals surface area contributed by atoms with Crippen molar-refractivity contribution in [2.45, 2.75) is 12.8 Å². The van der Waals surface area contributed by atoms with E-state index in [1.807, 2.05) is 0 Å². The summed E-state index contributed by atoms with van der Waals surface area (Å²) in [6.45, 7) is 0.845. The Balaban J connectivity index is 4.09. The molecule has 0 atom stereocenters. The van der Waals surface area contributed by atoms with E-state index < -0.39 is 18.4 Å². The molecule has 3 nitrogen and oxygen atoms in total. The van der Waals surface area contributed by atoms with E-state index in [0.717, 1.165) is 0 Å². The molecule has 0 heterocycles. The van der Waals surface area contributed by atoms with Crippen molar-refractivity contribution in [1.82, 2.24) is 4.90 Å². The first-order valence-electron chi connectivity index (χ1n) is 3.60. The van der Waals surface area contributed by atoms with Crippen molar-refractivity contribution in [3.8, 4) is 0 Å². The zero-order chi connectivity index (χ0) is 9.78. The quantitative estimate of drug-likeness (QED) is 0.599. The smallest absolute Gasteiger partial charge is 0.378 e. The molecular formula is C7H13F2NO2. The average molecular weight is 181 g/mol. The molecule has 0 aromatic carbocycles. The van der Waals surface area contributed by atoms with E-state index in [4.69, 9.17) is 0 Å². The predicted octanol–water partition coefficient (Wildman–Crippen LogP) is 0.746. The summed E-state index contributed by atoms with van der Waals surface area (Å²) in [4.78, 5) is 11.8. The monoisotopic (exact) mass is 181 g/mol. The van der Waals surface area contributed by atoms with Crippen molar-refractivity contribution in [3.05, 3.63) is 0 Å². The molecule has 0 N–H and O–H groups in total. The van der Waals surface area contributed by atoms with Crippen LogP contribution in [-0.4, -0.2) is 44.0 Å². The molecule has 12 heavy (non-hydrogen) atoms. The average Bonchev–Trinajstić information content (AvgIpc) is 1.85. The van der Waals surface area contributed by atoms with Crippen molar-refractivity contribution in [2.24, 2.45) is 0 Å². The molecule has 0 aliphatic heterocycles. The Morgan fingerprint density at radius 1 is 1.50 bits per heavy atom. The Kier molecular flexibility index (Phi) is 4.09. The lowest BCUT2D eigenvalue weighted by molar-refractivity contribution is -0.173. The normalized spacial score (nSPS) is 11.8. The van der Waals surface area contributed by atoms with Crippen LogP contribution in [0.2, 0.25) is 0 Å². The van der Waals surface area contributed by atoms with Crippen molar-refractivity contribution in [2.75, 3.05) is 27.2 Å². The molecule has 0 spiro atoms. The fourth-order valence-corrected chi connectivity index (χ4v) is 0.698. The number of nitrogens with zero attached hydrogens (tertiary/aromatic N) is 1. The highest BCUT2D eigenvalue weighted by atomic mass is 19.3. The van der Waals surface area contributed by atoms with Gasteiger partial charge in [0.2, 0.25) is 0 Å². The molecule has 0 aliphatic carbocycles. The van der Waals surface area contributed by atoms with Crippen LogP contribution in [0, 0.1) is 0 Å². The second-order valence-electron chi connectivity index (χ2n) is 2.66. The van der Waals surface area contributed by atoms with Gasteiger partial charge >= 0.3 is 11.9 Å². The third-order valence-corrected chi connectivity index (χ3v) is 1.09. The molecule has 0 unspecified atom stereocenters. The van der Waals surface area contributed by atoms with Crippen LogP contribution in [0.25, 0.3) is 0 Å². The van der Waals surface area contributed by atoms with E-state index in [9.17, 15) is 13.6 Å². The third-order valence-electron chi connectivity index (χ3n) is 1.09. The first-order valence-corrected chi connectivity index (χ1v) is 3.60. The molecule has 0 radical (unpaired) electrons. The summed E-state index contributed by atoms with van der Waals surface area (Å²) in [5, 5.41) is 0. The van der Waals surface area contributed by atoms with Gasteiger partial charge in [-0.15, -0.1) is 0 Å². The molecule has 0 aliphatic rings. The number of carbonyl (C=O) groups is 1. The minimum atomic E-state index is -3.40. The zero-order valence-electron chi connectivity index (χ0n) is 7.43. The number of hydrogen-bond acceptors (Lipinski definition) is 3. The molecule has 0 saturated heterocycles. The molecular weight excluding hydrogens is 168 g/mol. The number of halogens is 2. The first-order chi connectivity index (χ1) is 5.40. The van der Waals surface area contributed by atoms with Crippen LogP contribution in [0.3, 0.4) is 0 Å². The fraction of sp³-hybridized carbons (Fsp3) is 0.857. The van der Waals surface area contributed by atoms with Crippen LogP contribution in [-0.2, 0) is 9.53 Å². The Labute approximate surface area is 70.3 Å². The van der Waals surface area contributed by atoms with Crippen LogP contribution in [0.1, 0.15) is 6.92 Å². The number of esters is 1. The van der Waals surface area contributed by atoms with Gasteiger partial charge in [-0.1, -0.05) is 0 Å². The maximum atomic E-state index is 12.7. The van der Waals surface area contributed by atoms with Gasteiger partial charge in [-0.2, -0.15) is 8.78 Å². The molecule has 0 amide bonds. The number of carbonyl (C=O) groups excluding carboxylic acids is 1. The minimum absolute atomic E-state index is 0.0259. The highest BCUT2D eigenvalue weighted by Gasteiger charge is 2.40. The highest BCUT2D eigenvalue weighted by Crippen LogP contribution is 2.15. The van der Waals surface area contributed by atoms with Crippen molar-refractivity contribution in [1.29, 1.82) is 0 Å². The second-order valence-corrected chi connectivity index (χ2v) is 2.66. The molecule has 0 aromatic heterocycles. The minimum Gasteiger partial charge on any atom is -0.462 e. The first kappa shape index (κ1) is 11.3. The number of ether oxygens (including phenoxy) is 1. The fourth-order valence-electron chi connectivity index (χ4n) is 0.698. The SMILES string of the molecule is CCOC(=O)C(F)(F)CN(C)C. The van der Waals surface area contributed by atoms with Gasteiger partial charge in [-0.25, -0.2) is 4.79 Å². The number of alkyl halides is 2. The van der Waals surface area contributed by atoms with Gasteiger partial charge in [0.1, 0.15) is 0 Å². The summed E-state index contributed by atoms with van der Waals surface area (Å²) in [5.74, 6) is -4.86. The van der Waals surface area contributed by atoms with E-state index in [2.05, 4.69) is 4.74 Å². The lowest BCUT2D eigenvalue weighted by atomic mass is 10.3. The summed E-state index contributed by atoms with van der Waals surface area (Å²) in [6.07, 6.45) is 0. The lowest BCUT2D eigenvalue weighted by Crippen LogP contribution is -2.40. The zero-order valence-corrected chi connectivity index (χ0v) is 7.43. The predicted molar refractivity (Wildman–Crippen MR) is 40.1 cm³/mol.